The number of halogens is 1. The number of carbonyl (C=O) groups is 2. The summed E-state index contributed by atoms with van der Waals surface area (Å²) in [5.74, 6) is -0.0912. The lowest BCUT2D eigenvalue weighted by atomic mass is 10.1. The van der Waals surface area contributed by atoms with Crippen molar-refractivity contribution >= 4 is 11.6 Å². The van der Waals surface area contributed by atoms with Crippen molar-refractivity contribution in [1.82, 2.24) is 0 Å². The quantitative estimate of drug-likeness (QED) is 0.378. The molecule has 0 aliphatic carbocycles. The van der Waals surface area contributed by atoms with Gasteiger partial charge in [0.25, 0.3) is 0 Å². The van der Waals surface area contributed by atoms with Gasteiger partial charge < -0.3 is 14.3 Å². The second-order valence-corrected chi connectivity index (χ2v) is 6.82. The van der Waals surface area contributed by atoms with E-state index >= 15 is 0 Å². The van der Waals surface area contributed by atoms with Gasteiger partial charge >= 0.3 is 0 Å². The smallest absolute Gasteiger partial charge is 0.161 e. The van der Waals surface area contributed by atoms with Crippen molar-refractivity contribution in [2.24, 2.45) is 0 Å². The zero-order chi connectivity index (χ0) is 20.4. The molecule has 0 aromatic heterocycles. The van der Waals surface area contributed by atoms with Crippen LogP contribution in [0.2, 0.25) is 0 Å². The molecule has 2 aromatic carbocycles. The third-order valence-corrected chi connectivity index (χ3v) is 4.36. The second kappa shape index (κ2) is 11.5. The monoisotopic (exact) mass is 386 g/mol. The average molecular weight is 386 g/mol. The van der Waals surface area contributed by atoms with Crippen LogP contribution in [-0.4, -0.2) is 24.0 Å². The van der Waals surface area contributed by atoms with Gasteiger partial charge in [-0.2, -0.15) is 0 Å². The molecule has 0 saturated carbocycles. The van der Waals surface area contributed by atoms with Gasteiger partial charge in [0.05, 0.1) is 13.2 Å². The van der Waals surface area contributed by atoms with E-state index in [-0.39, 0.29) is 37.4 Å². The summed E-state index contributed by atoms with van der Waals surface area (Å²) in [7, 11) is 0. The molecule has 1 unspecified atom stereocenters. The minimum Gasteiger partial charge on any atom is -0.348 e. The lowest BCUT2D eigenvalue weighted by molar-refractivity contribution is -0.167. The number of carbonyl (C=O) groups excluding carboxylic acids is 2. The first-order valence-electron chi connectivity index (χ1n) is 9.45. The van der Waals surface area contributed by atoms with Gasteiger partial charge in [-0.25, -0.2) is 4.39 Å². The fourth-order valence-corrected chi connectivity index (χ4v) is 2.81. The van der Waals surface area contributed by atoms with Gasteiger partial charge in [0.1, 0.15) is 12.0 Å². The van der Waals surface area contributed by atoms with Crippen LogP contribution in [0.5, 0.6) is 0 Å². The maximum absolute atomic E-state index is 14.3. The third-order valence-electron chi connectivity index (χ3n) is 4.36. The molecule has 0 N–H and O–H groups in total. The van der Waals surface area contributed by atoms with Gasteiger partial charge in [-0.1, -0.05) is 54.6 Å². The van der Waals surface area contributed by atoms with E-state index in [2.05, 4.69) is 0 Å². The highest BCUT2D eigenvalue weighted by Crippen LogP contribution is 2.18. The number of ketones is 2. The molecular weight excluding hydrogens is 359 g/mol. The SMILES string of the molecule is CC(=O)CC[C@@H](F)CC(OCc1ccccc1)OCc1ccccc1C(C)=O. The first-order valence-corrected chi connectivity index (χ1v) is 9.45. The molecule has 0 amide bonds. The summed E-state index contributed by atoms with van der Waals surface area (Å²) < 4.78 is 25.9. The van der Waals surface area contributed by atoms with Crippen molar-refractivity contribution < 1.29 is 23.5 Å². The van der Waals surface area contributed by atoms with Gasteiger partial charge in [0, 0.05) is 18.4 Å². The highest BCUT2D eigenvalue weighted by atomic mass is 19.1. The number of Topliss-reactive ketones (excluding diaryl/α,β-unsaturated/α-hetero) is 2. The Balaban J connectivity index is 2.00. The van der Waals surface area contributed by atoms with Gasteiger partial charge in [-0.05, 0) is 31.4 Å². The van der Waals surface area contributed by atoms with E-state index in [1.807, 2.05) is 42.5 Å². The van der Waals surface area contributed by atoms with E-state index < -0.39 is 12.5 Å². The van der Waals surface area contributed by atoms with Crippen LogP contribution in [0, 0.1) is 0 Å². The molecule has 28 heavy (non-hydrogen) atoms. The molecule has 2 atom stereocenters. The lowest BCUT2D eigenvalue weighted by Gasteiger charge is -2.21. The molecule has 0 aliphatic rings. The normalized spacial score (nSPS) is 13.1. The van der Waals surface area contributed by atoms with E-state index in [1.165, 1.54) is 13.8 Å². The molecule has 150 valence electrons. The van der Waals surface area contributed by atoms with Crippen LogP contribution in [0.1, 0.15) is 54.6 Å². The molecule has 0 radical (unpaired) electrons. The topological polar surface area (TPSA) is 52.6 Å². The Bertz CT molecular complexity index is 760. The minimum atomic E-state index is -1.20. The Morgan fingerprint density at radius 2 is 1.57 bits per heavy atom. The van der Waals surface area contributed by atoms with Gasteiger partial charge in [0.2, 0.25) is 0 Å². The number of ether oxygens (including phenoxy) is 2. The van der Waals surface area contributed by atoms with Crippen LogP contribution in [0.4, 0.5) is 4.39 Å². The van der Waals surface area contributed by atoms with Crippen LogP contribution in [0.15, 0.2) is 54.6 Å². The Morgan fingerprint density at radius 3 is 2.25 bits per heavy atom. The zero-order valence-electron chi connectivity index (χ0n) is 16.4. The van der Waals surface area contributed by atoms with Crippen molar-refractivity contribution in [2.75, 3.05) is 0 Å². The minimum absolute atomic E-state index is 0.0301. The van der Waals surface area contributed by atoms with Crippen LogP contribution in [0.25, 0.3) is 0 Å². The molecule has 2 aromatic rings. The van der Waals surface area contributed by atoms with Crippen molar-refractivity contribution in [3.8, 4) is 0 Å². The highest BCUT2D eigenvalue weighted by molar-refractivity contribution is 5.95. The van der Waals surface area contributed by atoms with Crippen LogP contribution in [-0.2, 0) is 27.5 Å². The van der Waals surface area contributed by atoms with Gasteiger partial charge in [0.15, 0.2) is 12.1 Å². The number of rotatable bonds is 12. The number of hydrogen-bond donors (Lipinski definition) is 0. The third kappa shape index (κ3) is 7.71. The van der Waals surface area contributed by atoms with Crippen molar-refractivity contribution in [1.29, 1.82) is 0 Å². The molecule has 4 nitrogen and oxygen atoms in total. The highest BCUT2D eigenvalue weighted by Gasteiger charge is 2.19. The first kappa shape index (κ1) is 21.9. The van der Waals surface area contributed by atoms with E-state index in [0.717, 1.165) is 11.1 Å². The van der Waals surface area contributed by atoms with Gasteiger partial charge in [-0.3, -0.25) is 4.79 Å². The largest absolute Gasteiger partial charge is 0.348 e. The second-order valence-electron chi connectivity index (χ2n) is 6.82. The Morgan fingerprint density at radius 1 is 0.929 bits per heavy atom. The summed E-state index contributed by atoms with van der Waals surface area (Å²) in [6, 6.07) is 16.7. The van der Waals surface area contributed by atoms with Crippen LogP contribution in [0.3, 0.4) is 0 Å². The zero-order valence-corrected chi connectivity index (χ0v) is 16.4. The van der Waals surface area contributed by atoms with Crippen molar-refractivity contribution in [3.05, 3.63) is 71.3 Å². The standard InChI is InChI=1S/C23H27FO4/c1-17(25)12-13-21(24)14-23(27-15-19-8-4-3-5-9-19)28-16-20-10-6-7-11-22(20)18(2)26/h3-11,21,23H,12-16H2,1-2H3/t21-,23?/m1/s1. The summed E-state index contributed by atoms with van der Waals surface area (Å²) >= 11 is 0. The Hall–Kier alpha value is -2.37. The van der Waals surface area contributed by atoms with E-state index in [9.17, 15) is 14.0 Å². The van der Waals surface area contributed by atoms with Crippen LogP contribution >= 0.6 is 0 Å². The average Bonchev–Trinajstić information content (AvgIpc) is 2.69. The van der Waals surface area contributed by atoms with E-state index in [1.54, 1.807) is 12.1 Å². The lowest BCUT2D eigenvalue weighted by Crippen LogP contribution is -2.22. The van der Waals surface area contributed by atoms with Crippen molar-refractivity contribution in [3.63, 3.8) is 0 Å². The summed E-state index contributed by atoms with van der Waals surface area (Å²) in [5, 5.41) is 0. The van der Waals surface area contributed by atoms with Crippen molar-refractivity contribution in [2.45, 2.75) is 58.8 Å². The predicted octanol–water partition coefficient (Wildman–Crippen LogP) is 5.05. The summed E-state index contributed by atoms with van der Waals surface area (Å²) in [6.45, 7) is 3.39. The summed E-state index contributed by atoms with van der Waals surface area (Å²) in [5.41, 5.74) is 2.28. The molecule has 0 heterocycles. The molecular formula is C23H27FO4. The molecule has 5 heteroatoms. The molecule has 0 fully saturated rings. The molecule has 0 bridgehead atoms. The molecule has 0 spiro atoms. The number of benzene rings is 2. The maximum Gasteiger partial charge on any atom is 0.161 e. The molecule has 0 aliphatic heterocycles. The van der Waals surface area contributed by atoms with Gasteiger partial charge in [-0.15, -0.1) is 0 Å². The van der Waals surface area contributed by atoms with E-state index in [0.29, 0.717) is 12.2 Å². The fourth-order valence-electron chi connectivity index (χ4n) is 2.81. The predicted molar refractivity (Wildman–Crippen MR) is 106 cm³/mol. The maximum atomic E-state index is 14.3. The Labute approximate surface area is 165 Å². The number of alkyl halides is 1. The van der Waals surface area contributed by atoms with Crippen LogP contribution < -0.4 is 0 Å². The first-order chi connectivity index (χ1) is 13.5. The Kier molecular flexibility index (Phi) is 8.98. The molecule has 0 saturated heterocycles. The summed E-state index contributed by atoms with van der Waals surface area (Å²) in [6.07, 6.45) is -1.61. The molecule has 2 rings (SSSR count). The fraction of sp³-hybridized carbons (Fsp3) is 0.391. The van der Waals surface area contributed by atoms with E-state index in [4.69, 9.17) is 9.47 Å². The number of hydrogen-bond acceptors (Lipinski definition) is 4. The summed E-state index contributed by atoms with van der Waals surface area (Å²) in [4.78, 5) is 22.9.